The number of rotatable bonds is 9. The van der Waals surface area contributed by atoms with Gasteiger partial charge >= 0.3 is 0 Å². The molecule has 3 rings (SSSR count). The number of carbonyl (C=O) groups excluding carboxylic acids is 1. The van der Waals surface area contributed by atoms with E-state index in [0.29, 0.717) is 17.8 Å². The molecule has 0 bridgehead atoms. The van der Waals surface area contributed by atoms with E-state index in [1.807, 2.05) is 4.72 Å². The van der Waals surface area contributed by atoms with Crippen LogP contribution in [0.25, 0.3) is 11.1 Å². The molecule has 10 heteroatoms. The summed E-state index contributed by atoms with van der Waals surface area (Å²) in [5.41, 5.74) is -1.89. The minimum absolute atomic E-state index is 0.206. The molecule has 1 N–H and O–H groups in total. The lowest BCUT2D eigenvalue weighted by Gasteiger charge is -2.15. The largest absolute Gasteiger partial charge is 0.494 e. The second-order valence-electron chi connectivity index (χ2n) is 7.46. The molecule has 0 saturated carbocycles. The fourth-order valence-corrected chi connectivity index (χ4v) is 4.34. The Morgan fingerprint density at radius 1 is 1.11 bits per heavy atom. The van der Waals surface area contributed by atoms with Gasteiger partial charge in [0.25, 0.3) is 12.3 Å². The van der Waals surface area contributed by atoms with Gasteiger partial charge in [-0.2, -0.15) is 0 Å². The summed E-state index contributed by atoms with van der Waals surface area (Å²) in [4.78, 5) is 16.7. The number of methoxy groups -OCH3 is 2. The monoisotopic (exact) mass is 513 g/mol. The Kier molecular flexibility index (Phi) is 5.09. The van der Waals surface area contributed by atoms with Crippen molar-refractivity contribution < 1.29 is 43.8 Å². The highest BCUT2D eigenvalue weighted by Gasteiger charge is 2.23. The van der Waals surface area contributed by atoms with Crippen molar-refractivity contribution >= 4 is 15.9 Å². The summed E-state index contributed by atoms with van der Waals surface area (Å²) < 4.78 is 132. The van der Waals surface area contributed by atoms with Crippen LogP contribution in [0.5, 0.6) is 5.75 Å². The Hall–Kier alpha value is -3.37. The molecule has 0 aliphatic carbocycles. The van der Waals surface area contributed by atoms with Crippen LogP contribution in [0, 0.1) is 6.85 Å². The van der Waals surface area contributed by atoms with Gasteiger partial charge in [0.05, 0.1) is 33.3 Å². The Labute approximate surface area is 215 Å². The van der Waals surface area contributed by atoms with E-state index in [1.165, 1.54) is 31.2 Å². The van der Waals surface area contributed by atoms with E-state index in [1.54, 1.807) is 0 Å². The van der Waals surface area contributed by atoms with E-state index in [0.717, 1.165) is 18.2 Å². The zero-order valence-electron chi connectivity index (χ0n) is 27.2. The van der Waals surface area contributed by atoms with Crippen LogP contribution in [-0.2, 0) is 20.5 Å². The third-order valence-electron chi connectivity index (χ3n) is 5.01. The molecule has 0 saturated heterocycles. The van der Waals surface area contributed by atoms with Gasteiger partial charge in [-0.1, -0.05) is 42.0 Å². The van der Waals surface area contributed by atoms with Gasteiger partial charge in [-0.15, -0.1) is 0 Å². The molecule has 1 aromatic heterocycles. The van der Waals surface area contributed by atoms with Gasteiger partial charge < -0.3 is 9.47 Å². The number of alkyl halides is 2. The van der Waals surface area contributed by atoms with Gasteiger partial charge in [-0.05, 0) is 42.6 Å². The Morgan fingerprint density at radius 3 is 2.54 bits per heavy atom. The number of nitrogens with one attached hydrogen (secondary N) is 1. The number of ether oxygens (including phenoxy) is 2. The number of aryl methyl sites for hydroxylation is 1. The minimum Gasteiger partial charge on any atom is -0.494 e. The maximum Gasteiger partial charge on any atom is 0.280 e. The van der Waals surface area contributed by atoms with Gasteiger partial charge in [0, 0.05) is 22.3 Å². The summed E-state index contributed by atoms with van der Waals surface area (Å²) in [6.07, 6.45) is -3.30. The number of hydrogen-bond donors (Lipinski definition) is 1. The number of benzene rings is 2. The molecule has 0 radical (unpaired) electrons. The van der Waals surface area contributed by atoms with Crippen LogP contribution in [0.1, 0.15) is 64.5 Å². The fraction of sp³-hybridized carbons (Fsp3) is 0.280. The van der Waals surface area contributed by atoms with E-state index in [4.69, 9.17) is 21.8 Å². The summed E-state index contributed by atoms with van der Waals surface area (Å²) in [6, 6.07) is 9.28. The van der Waals surface area contributed by atoms with Crippen LogP contribution in [0.2, 0.25) is 0 Å². The maximum absolute atomic E-state index is 13.5. The second-order valence-corrected chi connectivity index (χ2v) is 9.18. The number of halogens is 2. The summed E-state index contributed by atoms with van der Waals surface area (Å²) in [5, 5.41) is 0. The van der Waals surface area contributed by atoms with E-state index in [2.05, 4.69) is 4.98 Å². The number of pyridine rings is 1. The molecule has 1 heterocycles. The highest BCUT2D eigenvalue weighted by atomic mass is 32.2. The second kappa shape index (κ2) is 10.9. The zero-order chi connectivity index (χ0) is 33.3. The number of hydrogen-bond acceptors (Lipinski definition) is 6. The molecular formula is C25H26F2N2O5S. The van der Waals surface area contributed by atoms with Crippen LogP contribution < -0.4 is 9.46 Å². The number of nitrogens with zero attached hydrogens (tertiary/aromatic N) is 1. The Bertz CT molecular complexity index is 1610. The van der Waals surface area contributed by atoms with Gasteiger partial charge in [-0.3, -0.25) is 9.78 Å². The van der Waals surface area contributed by atoms with Gasteiger partial charge in [-0.25, -0.2) is 21.9 Å². The lowest BCUT2D eigenvalue weighted by Crippen LogP contribution is -2.32. The topological polar surface area (TPSA) is 94.6 Å². The first-order valence-electron chi connectivity index (χ1n) is 14.5. The van der Waals surface area contributed by atoms with E-state index in [-0.39, 0.29) is 11.1 Å². The first-order chi connectivity index (χ1) is 20.0. The van der Waals surface area contributed by atoms with Crippen LogP contribution in [0.3, 0.4) is 0 Å². The predicted molar refractivity (Wildman–Crippen MR) is 128 cm³/mol. The molecular weight excluding hydrogens is 478 g/mol. The van der Waals surface area contributed by atoms with Crippen molar-refractivity contribution in [2.45, 2.75) is 32.1 Å². The summed E-state index contributed by atoms with van der Waals surface area (Å²) >= 11 is 0. The normalized spacial score (nSPS) is 17.3. The van der Waals surface area contributed by atoms with E-state index >= 15 is 0 Å². The SMILES string of the molecule is [2H]C([2H])([2H])Oc1cnc(C(F)F)cc1-c1cc(C([2H])([2H])[2H])ccc1C(=O)NS(=O)(=O)Cc1ccc([C@H](C)OC([2H])([2H])[2H])cc1. The lowest BCUT2D eigenvalue weighted by molar-refractivity contribution is 0.0982. The number of aromatic nitrogens is 1. The van der Waals surface area contributed by atoms with Crippen molar-refractivity contribution in [3.8, 4) is 16.9 Å². The third kappa shape index (κ3) is 6.40. The summed E-state index contributed by atoms with van der Waals surface area (Å²) in [7, 11) is -10.2. The minimum atomic E-state index is -4.43. The third-order valence-corrected chi connectivity index (χ3v) is 6.22. The summed E-state index contributed by atoms with van der Waals surface area (Å²) in [5.74, 6) is -2.58. The van der Waals surface area contributed by atoms with E-state index < -0.39 is 83.3 Å². The molecule has 35 heavy (non-hydrogen) atoms. The zero-order valence-corrected chi connectivity index (χ0v) is 19.0. The van der Waals surface area contributed by atoms with Crippen LogP contribution in [0.4, 0.5) is 8.78 Å². The Morgan fingerprint density at radius 2 is 1.89 bits per heavy atom. The molecule has 0 aliphatic heterocycles. The molecule has 2 aromatic carbocycles. The number of sulfonamides is 1. The van der Waals surface area contributed by atoms with Crippen molar-refractivity contribution in [2.75, 3.05) is 14.1 Å². The predicted octanol–water partition coefficient (Wildman–Crippen LogP) is 4.97. The van der Waals surface area contributed by atoms with Crippen molar-refractivity contribution in [1.82, 2.24) is 9.71 Å². The van der Waals surface area contributed by atoms with Crippen molar-refractivity contribution in [2.24, 2.45) is 0 Å². The number of carbonyl (C=O) groups is 1. The molecule has 1 amide bonds. The fourth-order valence-electron chi connectivity index (χ4n) is 3.24. The van der Waals surface area contributed by atoms with Crippen LogP contribution in [0.15, 0.2) is 54.7 Å². The Balaban J connectivity index is 2.00. The van der Waals surface area contributed by atoms with Gasteiger partial charge in [0.2, 0.25) is 10.0 Å². The van der Waals surface area contributed by atoms with Gasteiger partial charge in [0.15, 0.2) is 0 Å². The van der Waals surface area contributed by atoms with Crippen LogP contribution in [-0.4, -0.2) is 33.4 Å². The first-order valence-corrected chi connectivity index (χ1v) is 11.6. The molecule has 186 valence electrons. The van der Waals surface area contributed by atoms with Gasteiger partial charge in [0.1, 0.15) is 11.4 Å². The van der Waals surface area contributed by atoms with Crippen molar-refractivity contribution in [1.29, 1.82) is 0 Å². The molecule has 0 spiro atoms. The molecule has 3 aromatic rings. The molecule has 0 aliphatic rings. The molecule has 7 nitrogen and oxygen atoms in total. The highest BCUT2D eigenvalue weighted by Crippen LogP contribution is 2.35. The number of amides is 1. The van der Waals surface area contributed by atoms with Crippen molar-refractivity contribution in [3.05, 3.63) is 82.7 Å². The standard InChI is InChI=1S/C25H26F2N2O5S/c1-15-5-10-19(20(11-15)21-12-22(24(26)27)28-13-23(21)34-4)25(30)29-35(31,32)14-17-6-8-18(9-7-17)16(2)33-3/h5-13,16,24H,14H2,1-4H3,(H,29,30)/t16-/m0/s1/i1D3,3D3,4D3. The van der Waals surface area contributed by atoms with E-state index in [9.17, 15) is 22.0 Å². The summed E-state index contributed by atoms with van der Waals surface area (Å²) in [6.45, 7) is -1.26. The van der Waals surface area contributed by atoms with Crippen LogP contribution >= 0.6 is 0 Å². The lowest BCUT2D eigenvalue weighted by atomic mass is 9.96. The smallest absolute Gasteiger partial charge is 0.280 e. The average Bonchev–Trinajstić information content (AvgIpc) is 2.86. The average molecular weight is 514 g/mol. The molecule has 1 atom stereocenters. The maximum atomic E-state index is 13.5. The first kappa shape index (κ1) is 16.3. The molecule has 0 unspecified atom stereocenters. The quantitative estimate of drug-likeness (QED) is 0.434. The van der Waals surface area contributed by atoms with Crippen molar-refractivity contribution in [3.63, 3.8) is 0 Å². The molecule has 0 fully saturated rings. The highest BCUT2D eigenvalue weighted by molar-refractivity contribution is 7.89.